The number of rotatable bonds is 1. The van der Waals surface area contributed by atoms with Gasteiger partial charge in [-0.1, -0.05) is 6.58 Å². The van der Waals surface area contributed by atoms with Crippen molar-refractivity contribution in [2.24, 2.45) is 0 Å². The number of hydrogen-bond acceptors (Lipinski definition) is 2. The van der Waals surface area contributed by atoms with Gasteiger partial charge in [0.2, 0.25) is 0 Å². The van der Waals surface area contributed by atoms with Crippen LogP contribution >= 0.6 is 0 Å². The summed E-state index contributed by atoms with van der Waals surface area (Å²) in [6.45, 7) is 3.16. The van der Waals surface area contributed by atoms with E-state index in [0.29, 0.717) is 0 Å². The van der Waals surface area contributed by atoms with Crippen molar-refractivity contribution in [2.75, 3.05) is 7.11 Å². The number of ether oxygens (including phenoxy) is 1. The molecule has 36 valence electrons. The standard InChI is InChI=1S/C4H6O2.Ba/c1-3-4(5)6-2;/h3H,1H2,2H3;. The fraction of sp³-hybridized carbons (Fsp3) is 0.250. The number of carbonyl (C=O) groups is 1. The molecule has 0 aliphatic carbocycles. The minimum Gasteiger partial charge on any atom is -0.466 e. The molecule has 0 aliphatic rings. The van der Waals surface area contributed by atoms with E-state index in [9.17, 15) is 4.79 Å². The van der Waals surface area contributed by atoms with Gasteiger partial charge in [-0.3, -0.25) is 0 Å². The smallest absolute Gasteiger partial charge is 0.329 e. The molecule has 0 bridgehead atoms. The van der Waals surface area contributed by atoms with Gasteiger partial charge in [0.15, 0.2) is 0 Å². The van der Waals surface area contributed by atoms with E-state index in [1.54, 1.807) is 0 Å². The van der Waals surface area contributed by atoms with Crippen molar-refractivity contribution in [3.63, 3.8) is 0 Å². The van der Waals surface area contributed by atoms with Gasteiger partial charge in [-0.2, -0.15) is 0 Å². The first-order valence-electron chi connectivity index (χ1n) is 1.51. The molecule has 0 rings (SSSR count). The van der Waals surface area contributed by atoms with Gasteiger partial charge in [0.1, 0.15) is 0 Å². The molecule has 0 heterocycles. The largest absolute Gasteiger partial charge is 0.466 e. The van der Waals surface area contributed by atoms with Crippen LogP contribution < -0.4 is 0 Å². The van der Waals surface area contributed by atoms with Crippen LogP contribution in [0.3, 0.4) is 0 Å². The minimum absolute atomic E-state index is 0. The zero-order chi connectivity index (χ0) is 4.99. The molecule has 0 N–H and O–H groups in total. The second-order valence-corrected chi connectivity index (χ2v) is 0.727. The first-order valence-corrected chi connectivity index (χ1v) is 1.51. The first kappa shape index (κ1) is 10.7. The molecular weight excluding hydrogens is 217 g/mol. The van der Waals surface area contributed by atoms with Crippen molar-refractivity contribution in [3.8, 4) is 0 Å². The number of methoxy groups -OCH3 is 1. The summed E-state index contributed by atoms with van der Waals surface area (Å²) >= 11 is 0. The molecule has 2 radical (unpaired) electrons. The van der Waals surface area contributed by atoms with E-state index in [-0.39, 0.29) is 48.9 Å². The number of carbonyl (C=O) groups excluding carboxylic acids is 1. The van der Waals surface area contributed by atoms with Crippen LogP contribution in [0.5, 0.6) is 0 Å². The summed E-state index contributed by atoms with van der Waals surface area (Å²) in [6.07, 6.45) is 1.11. The van der Waals surface area contributed by atoms with Gasteiger partial charge >= 0.3 is 5.97 Å². The predicted octanol–water partition coefficient (Wildman–Crippen LogP) is -0.0354. The Morgan fingerprint density at radius 2 is 2.29 bits per heavy atom. The summed E-state index contributed by atoms with van der Waals surface area (Å²) in [5, 5.41) is 0. The second-order valence-electron chi connectivity index (χ2n) is 0.727. The summed E-state index contributed by atoms with van der Waals surface area (Å²) in [7, 11) is 1.31. The van der Waals surface area contributed by atoms with Crippen LogP contribution in [-0.2, 0) is 9.53 Å². The quantitative estimate of drug-likeness (QED) is 0.354. The molecule has 0 spiro atoms. The van der Waals surface area contributed by atoms with E-state index < -0.39 is 5.97 Å². The van der Waals surface area contributed by atoms with Crippen molar-refractivity contribution in [1.29, 1.82) is 0 Å². The Labute approximate surface area is 83.0 Å². The topological polar surface area (TPSA) is 26.3 Å². The monoisotopic (exact) mass is 224 g/mol. The van der Waals surface area contributed by atoms with Crippen molar-refractivity contribution < 1.29 is 9.53 Å². The van der Waals surface area contributed by atoms with Gasteiger partial charge in [0, 0.05) is 55.0 Å². The summed E-state index contributed by atoms with van der Waals surface area (Å²) in [4.78, 5) is 9.84. The predicted molar refractivity (Wildman–Crippen MR) is 28.0 cm³/mol. The van der Waals surface area contributed by atoms with Gasteiger partial charge in [-0.05, 0) is 0 Å². The van der Waals surface area contributed by atoms with Gasteiger partial charge in [0.05, 0.1) is 7.11 Å². The Morgan fingerprint density at radius 3 is 2.29 bits per heavy atom. The Morgan fingerprint density at radius 1 is 1.86 bits per heavy atom. The summed E-state index contributed by atoms with van der Waals surface area (Å²) in [5.41, 5.74) is 0. The second kappa shape index (κ2) is 6.78. The SMILES string of the molecule is C=CC(=O)OC.[Ba]. The molecule has 0 aromatic heterocycles. The van der Waals surface area contributed by atoms with Crippen LogP contribution in [0.15, 0.2) is 12.7 Å². The molecule has 0 fully saturated rings. The Kier molecular flexibility index (Phi) is 10.4. The zero-order valence-electron chi connectivity index (χ0n) is 4.31. The molecule has 0 atom stereocenters. The average Bonchev–Trinajstić information content (AvgIpc) is 1.65. The molecule has 0 aliphatic heterocycles. The Hall–Kier alpha value is 0.781. The maximum absolute atomic E-state index is 9.84. The molecule has 0 aromatic rings. The molecule has 0 saturated carbocycles. The maximum atomic E-state index is 9.84. The van der Waals surface area contributed by atoms with Crippen molar-refractivity contribution in [1.82, 2.24) is 0 Å². The van der Waals surface area contributed by atoms with E-state index in [1.807, 2.05) is 0 Å². The third-order valence-corrected chi connectivity index (χ3v) is 0.368. The molecule has 0 amide bonds. The van der Waals surface area contributed by atoms with Crippen molar-refractivity contribution in [3.05, 3.63) is 12.7 Å². The van der Waals surface area contributed by atoms with Gasteiger partial charge < -0.3 is 4.74 Å². The average molecular weight is 223 g/mol. The van der Waals surface area contributed by atoms with Crippen molar-refractivity contribution >= 4 is 54.9 Å². The summed E-state index contributed by atoms with van der Waals surface area (Å²) in [6, 6.07) is 0. The molecule has 0 aromatic carbocycles. The fourth-order valence-corrected chi connectivity index (χ4v) is 0.0833. The van der Waals surface area contributed by atoms with Gasteiger partial charge in [0.25, 0.3) is 0 Å². The molecule has 0 saturated heterocycles. The fourth-order valence-electron chi connectivity index (χ4n) is 0.0833. The van der Waals surface area contributed by atoms with Crippen molar-refractivity contribution in [2.45, 2.75) is 0 Å². The Bertz CT molecular complexity index is 70.1. The Balaban J connectivity index is 0. The van der Waals surface area contributed by atoms with E-state index >= 15 is 0 Å². The van der Waals surface area contributed by atoms with E-state index in [4.69, 9.17) is 0 Å². The zero-order valence-corrected chi connectivity index (χ0v) is 8.75. The third-order valence-electron chi connectivity index (χ3n) is 0.368. The van der Waals surface area contributed by atoms with E-state index in [2.05, 4.69) is 11.3 Å². The van der Waals surface area contributed by atoms with Crippen LogP contribution in [0.4, 0.5) is 0 Å². The van der Waals surface area contributed by atoms with Crippen LogP contribution in [0.25, 0.3) is 0 Å². The normalized spacial score (nSPS) is 5.86. The van der Waals surface area contributed by atoms with Crippen LogP contribution in [0.1, 0.15) is 0 Å². The van der Waals surface area contributed by atoms with E-state index in [0.717, 1.165) is 6.08 Å². The summed E-state index contributed by atoms with van der Waals surface area (Å²) in [5.74, 6) is -0.394. The number of hydrogen-bond donors (Lipinski definition) is 0. The van der Waals surface area contributed by atoms with Gasteiger partial charge in [-0.15, -0.1) is 0 Å². The molecular formula is C4H6BaO2. The molecule has 2 nitrogen and oxygen atoms in total. The van der Waals surface area contributed by atoms with Crippen LogP contribution in [0, 0.1) is 0 Å². The summed E-state index contributed by atoms with van der Waals surface area (Å²) < 4.78 is 4.14. The first-order chi connectivity index (χ1) is 2.81. The third kappa shape index (κ3) is 6.78. The maximum Gasteiger partial charge on any atom is 0.329 e. The number of esters is 1. The van der Waals surface area contributed by atoms with E-state index in [1.165, 1.54) is 7.11 Å². The molecule has 3 heteroatoms. The minimum atomic E-state index is -0.394. The van der Waals surface area contributed by atoms with Crippen LogP contribution in [0.2, 0.25) is 0 Å². The molecule has 0 unspecified atom stereocenters. The van der Waals surface area contributed by atoms with Gasteiger partial charge in [-0.25, -0.2) is 4.79 Å². The molecule has 7 heavy (non-hydrogen) atoms. The van der Waals surface area contributed by atoms with Crippen LogP contribution in [-0.4, -0.2) is 62.0 Å².